The van der Waals surface area contributed by atoms with Gasteiger partial charge >= 0.3 is 0 Å². The van der Waals surface area contributed by atoms with E-state index in [1.54, 1.807) is 0 Å². The molecule has 3 heterocycles. The fourth-order valence-corrected chi connectivity index (χ4v) is 3.63. The molecule has 1 saturated heterocycles. The number of hydrogen-bond donors (Lipinski definition) is 0. The first-order chi connectivity index (χ1) is 9.22. The van der Waals surface area contributed by atoms with E-state index >= 15 is 0 Å². The second-order valence-electron chi connectivity index (χ2n) is 5.25. The number of thiophene rings is 1. The maximum absolute atomic E-state index is 12.2. The smallest absolute Gasteiger partial charge is 0.236 e. The van der Waals surface area contributed by atoms with Gasteiger partial charge in [-0.25, -0.2) is 0 Å². The Morgan fingerprint density at radius 3 is 2.79 bits per heavy atom. The van der Waals surface area contributed by atoms with Gasteiger partial charge in [0.1, 0.15) is 5.78 Å². The number of amides is 1. The zero-order valence-corrected chi connectivity index (χ0v) is 11.7. The van der Waals surface area contributed by atoms with Crippen molar-refractivity contribution in [2.45, 2.75) is 25.8 Å². The number of carbonyl (C=O) groups is 2. The van der Waals surface area contributed by atoms with E-state index in [1.165, 1.54) is 10.4 Å². The number of rotatable bonds is 2. The number of piperidine rings is 1. The van der Waals surface area contributed by atoms with Gasteiger partial charge < -0.3 is 4.90 Å². The van der Waals surface area contributed by atoms with Crippen LogP contribution in [0.25, 0.3) is 0 Å². The number of nitrogens with zero attached hydrogens (tertiary/aromatic N) is 2. The van der Waals surface area contributed by atoms with Gasteiger partial charge in [0.05, 0.1) is 6.54 Å². The second kappa shape index (κ2) is 5.43. The second-order valence-corrected chi connectivity index (χ2v) is 6.25. The van der Waals surface area contributed by atoms with E-state index in [9.17, 15) is 9.59 Å². The number of carbonyl (C=O) groups excluding carboxylic acids is 2. The highest BCUT2D eigenvalue weighted by molar-refractivity contribution is 7.10. The van der Waals surface area contributed by atoms with Crippen LogP contribution in [0, 0.1) is 0 Å². The maximum Gasteiger partial charge on any atom is 0.236 e. The summed E-state index contributed by atoms with van der Waals surface area (Å²) in [4.78, 5) is 28.9. The van der Waals surface area contributed by atoms with Crippen LogP contribution in [-0.4, -0.2) is 47.7 Å². The van der Waals surface area contributed by atoms with E-state index in [2.05, 4.69) is 16.3 Å². The minimum absolute atomic E-state index is 0.172. The van der Waals surface area contributed by atoms with Gasteiger partial charge in [-0.2, -0.15) is 0 Å². The Morgan fingerprint density at radius 1 is 1.21 bits per heavy atom. The van der Waals surface area contributed by atoms with E-state index < -0.39 is 0 Å². The normalized spacial score (nSPS) is 20.4. The Labute approximate surface area is 117 Å². The summed E-state index contributed by atoms with van der Waals surface area (Å²) in [7, 11) is 0. The molecular formula is C14H18N2O2S. The molecule has 3 rings (SSSR count). The first-order valence-electron chi connectivity index (χ1n) is 6.79. The number of ketones is 1. The Bertz CT molecular complexity index is 487. The lowest BCUT2D eigenvalue weighted by molar-refractivity contribution is -0.135. The molecule has 0 unspecified atom stereocenters. The van der Waals surface area contributed by atoms with E-state index in [1.807, 2.05) is 16.2 Å². The molecule has 0 bridgehead atoms. The van der Waals surface area contributed by atoms with E-state index in [0.717, 1.165) is 19.5 Å². The van der Waals surface area contributed by atoms with Crippen molar-refractivity contribution in [3.63, 3.8) is 0 Å². The summed E-state index contributed by atoms with van der Waals surface area (Å²) in [6.07, 6.45) is 2.11. The van der Waals surface area contributed by atoms with E-state index in [4.69, 9.17) is 0 Å². The van der Waals surface area contributed by atoms with Crippen molar-refractivity contribution in [2.75, 3.05) is 26.2 Å². The van der Waals surface area contributed by atoms with Crippen LogP contribution in [0.3, 0.4) is 0 Å². The summed E-state index contributed by atoms with van der Waals surface area (Å²) in [6, 6.07) is 2.16. The molecule has 0 N–H and O–H groups in total. The van der Waals surface area contributed by atoms with Crippen molar-refractivity contribution in [3.05, 3.63) is 21.9 Å². The van der Waals surface area contributed by atoms with Gasteiger partial charge in [-0.05, 0) is 23.4 Å². The van der Waals surface area contributed by atoms with Crippen LogP contribution in [-0.2, 0) is 22.6 Å². The lowest BCUT2D eigenvalue weighted by Crippen LogP contribution is -2.45. The molecular weight excluding hydrogens is 260 g/mol. The molecule has 5 heteroatoms. The van der Waals surface area contributed by atoms with Gasteiger partial charge in [0.25, 0.3) is 0 Å². The molecule has 2 aliphatic rings. The number of likely N-dealkylation sites (tertiary alicyclic amines) is 1. The highest BCUT2D eigenvalue weighted by Gasteiger charge is 2.24. The van der Waals surface area contributed by atoms with Crippen molar-refractivity contribution in [1.82, 2.24) is 9.80 Å². The monoisotopic (exact) mass is 278 g/mol. The van der Waals surface area contributed by atoms with Gasteiger partial charge in [-0.15, -0.1) is 11.3 Å². The van der Waals surface area contributed by atoms with Crippen LogP contribution < -0.4 is 0 Å². The predicted molar refractivity (Wildman–Crippen MR) is 74.1 cm³/mol. The van der Waals surface area contributed by atoms with Crippen molar-refractivity contribution in [2.24, 2.45) is 0 Å². The van der Waals surface area contributed by atoms with Gasteiger partial charge in [0.15, 0.2) is 0 Å². The molecule has 0 aromatic carbocycles. The topological polar surface area (TPSA) is 40.6 Å². The molecule has 102 valence electrons. The largest absolute Gasteiger partial charge is 0.341 e. The lowest BCUT2D eigenvalue weighted by Gasteiger charge is -2.31. The molecule has 0 atom stereocenters. The number of Topliss-reactive ketones (excluding diaryl/α,β-unsaturated/α-hetero) is 1. The Hall–Kier alpha value is -1.20. The summed E-state index contributed by atoms with van der Waals surface area (Å²) in [6.45, 7) is 3.55. The average molecular weight is 278 g/mol. The van der Waals surface area contributed by atoms with Crippen molar-refractivity contribution in [3.8, 4) is 0 Å². The molecule has 1 aromatic heterocycles. The summed E-state index contributed by atoms with van der Waals surface area (Å²) >= 11 is 1.82. The predicted octanol–water partition coefficient (Wildman–Crippen LogP) is 1.30. The minimum atomic E-state index is 0.172. The van der Waals surface area contributed by atoms with Crippen molar-refractivity contribution in [1.29, 1.82) is 0 Å². The van der Waals surface area contributed by atoms with Crippen LogP contribution in [0.2, 0.25) is 0 Å². The summed E-state index contributed by atoms with van der Waals surface area (Å²) in [5.41, 5.74) is 1.37. The quantitative estimate of drug-likeness (QED) is 0.818. The van der Waals surface area contributed by atoms with Gasteiger partial charge in [-0.3, -0.25) is 14.5 Å². The summed E-state index contributed by atoms with van der Waals surface area (Å²) in [5.74, 6) is 0.455. The van der Waals surface area contributed by atoms with Crippen LogP contribution in [0.4, 0.5) is 0 Å². The molecule has 2 aliphatic heterocycles. The van der Waals surface area contributed by atoms with Crippen LogP contribution in [0.15, 0.2) is 11.4 Å². The van der Waals surface area contributed by atoms with Crippen LogP contribution >= 0.6 is 11.3 Å². The summed E-state index contributed by atoms with van der Waals surface area (Å²) < 4.78 is 0. The third-order valence-electron chi connectivity index (χ3n) is 3.92. The van der Waals surface area contributed by atoms with Crippen LogP contribution in [0.5, 0.6) is 0 Å². The minimum Gasteiger partial charge on any atom is -0.341 e. The fourth-order valence-electron chi connectivity index (χ4n) is 2.74. The zero-order valence-electron chi connectivity index (χ0n) is 10.9. The Balaban J connectivity index is 1.54. The SMILES string of the molecule is O=C1CCN(C(=O)CN2CCc3sccc3C2)CC1. The first-order valence-corrected chi connectivity index (χ1v) is 7.67. The molecule has 1 amide bonds. The van der Waals surface area contributed by atoms with Gasteiger partial charge in [0, 0.05) is 43.9 Å². The molecule has 1 aromatic rings. The molecule has 19 heavy (non-hydrogen) atoms. The van der Waals surface area contributed by atoms with Crippen molar-refractivity contribution >= 4 is 23.0 Å². The van der Waals surface area contributed by atoms with E-state index in [-0.39, 0.29) is 11.7 Å². The fraction of sp³-hybridized carbons (Fsp3) is 0.571. The number of fused-ring (bicyclic) bond motifs is 1. The molecule has 0 saturated carbocycles. The third-order valence-corrected chi connectivity index (χ3v) is 4.94. The Morgan fingerprint density at radius 2 is 2.00 bits per heavy atom. The van der Waals surface area contributed by atoms with Crippen molar-refractivity contribution < 1.29 is 9.59 Å². The molecule has 1 fully saturated rings. The molecule has 0 aliphatic carbocycles. The van der Waals surface area contributed by atoms with Crippen LogP contribution in [0.1, 0.15) is 23.3 Å². The molecule has 4 nitrogen and oxygen atoms in total. The maximum atomic E-state index is 12.2. The standard InChI is InChI=1S/C14H18N2O2S/c17-12-1-6-16(7-2-12)14(18)10-15-5-3-13-11(9-15)4-8-19-13/h4,8H,1-3,5-7,9-10H2. The number of hydrogen-bond acceptors (Lipinski definition) is 4. The zero-order chi connectivity index (χ0) is 13.2. The molecule has 0 spiro atoms. The highest BCUT2D eigenvalue weighted by Crippen LogP contribution is 2.23. The first kappa shape index (κ1) is 12.8. The molecule has 0 radical (unpaired) electrons. The average Bonchev–Trinajstić information content (AvgIpc) is 2.87. The lowest BCUT2D eigenvalue weighted by atomic mass is 10.1. The third kappa shape index (κ3) is 2.87. The van der Waals surface area contributed by atoms with Gasteiger partial charge in [-0.1, -0.05) is 0 Å². The van der Waals surface area contributed by atoms with E-state index in [0.29, 0.717) is 32.5 Å². The van der Waals surface area contributed by atoms with Gasteiger partial charge in [0.2, 0.25) is 5.91 Å². The summed E-state index contributed by atoms with van der Waals surface area (Å²) in [5, 5.41) is 2.13. The Kier molecular flexibility index (Phi) is 3.66. The highest BCUT2D eigenvalue weighted by atomic mass is 32.1.